The topological polar surface area (TPSA) is 76.5 Å². The van der Waals surface area contributed by atoms with E-state index in [4.69, 9.17) is 4.74 Å². The van der Waals surface area contributed by atoms with E-state index in [1.54, 1.807) is 21.8 Å². The normalized spacial score (nSPS) is 13.6. The van der Waals surface area contributed by atoms with Gasteiger partial charge in [0.1, 0.15) is 11.6 Å². The van der Waals surface area contributed by atoms with Gasteiger partial charge >= 0.3 is 0 Å². The van der Waals surface area contributed by atoms with Crippen molar-refractivity contribution in [2.75, 3.05) is 23.4 Å². The number of nitrogens with one attached hydrogen (secondary N) is 1. The van der Waals surface area contributed by atoms with Crippen LogP contribution in [0.25, 0.3) is 0 Å². The van der Waals surface area contributed by atoms with Crippen molar-refractivity contribution < 1.29 is 14.3 Å². The van der Waals surface area contributed by atoms with Crippen molar-refractivity contribution >= 4 is 23.3 Å². The second-order valence-electron chi connectivity index (χ2n) is 6.39. The van der Waals surface area contributed by atoms with Crippen LogP contribution >= 0.6 is 0 Å². The number of fused-ring (bicyclic) bond motifs is 1. The van der Waals surface area contributed by atoms with E-state index in [1.165, 1.54) is 0 Å². The first kappa shape index (κ1) is 17.0. The third-order valence-corrected chi connectivity index (χ3v) is 3.89. The SMILES string of the molecule is CC(C)Cn1nccc1NC(=O)CCN1C(=O)COc2ccccc21. The van der Waals surface area contributed by atoms with Crippen molar-refractivity contribution in [3.8, 4) is 5.75 Å². The van der Waals surface area contributed by atoms with Crippen molar-refractivity contribution in [3.63, 3.8) is 0 Å². The predicted molar refractivity (Wildman–Crippen MR) is 94.6 cm³/mol. The number of hydrogen-bond donors (Lipinski definition) is 1. The number of anilines is 2. The van der Waals surface area contributed by atoms with Crippen molar-refractivity contribution in [2.24, 2.45) is 5.92 Å². The number of amides is 2. The molecule has 0 radical (unpaired) electrons. The van der Waals surface area contributed by atoms with Crippen LogP contribution in [0.15, 0.2) is 36.5 Å². The molecule has 1 aromatic heterocycles. The number of carbonyl (C=O) groups excluding carboxylic acids is 2. The highest BCUT2D eigenvalue weighted by atomic mass is 16.5. The zero-order valence-corrected chi connectivity index (χ0v) is 14.4. The van der Waals surface area contributed by atoms with Gasteiger partial charge in [-0.05, 0) is 18.1 Å². The zero-order chi connectivity index (χ0) is 17.8. The van der Waals surface area contributed by atoms with Gasteiger partial charge in [-0.3, -0.25) is 9.59 Å². The van der Waals surface area contributed by atoms with Gasteiger partial charge in [0.15, 0.2) is 6.61 Å². The number of carbonyl (C=O) groups is 2. The standard InChI is InChI=1S/C18H22N4O3/c1-13(2)11-22-16(7-9-19-22)20-17(23)8-10-21-14-5-3-4-6-15(14)25-12-18(21)24/h3-7,9,13H,8,10-12H2,1-2H3,(H,20,23). The number of benzene rings is 1. The van der Waals surface area contributed by atoms with Gasteiger partial charge in [0.05, 0.1) is 11.9 Å². The Morgan fingerprint density at radius 2 is 2.12 bits per heavy atom. The Labute approximate surface area is 146 Å². The number of hydrogen-bond acceptors (Lipinski definition) is 4. The molecule has 7 heteroatoms. The molecule has 2 aromatic rings. The molecule has 1 aromatic carbocycles. The van der Waals surface area contributed by atoms with Crippen LogP contribution in [0.2, 0.25) is 0 Å². The van der Waals surface area contributed by atoms with Gasteiger partial charge in [0, 0.05) is 25.6 Å². The number of para-hydroxylation sites is 2. The zero-order valence-electron chi connectivity index (χ0n) is 14.4. The minimum Gasteiger partial charge on any atom is -0.482 e. The lowest BCUT2D eigenvalue weighted by Crippen LogP contribution is -2.40. The highest BCUT2D eigenvalue weighted by Crippen LogP contribution is 2.31. The van der Waals surface area contributed by atoms with Crippen LogP contribution in [0, 0.1) is 5.92 Å². The van der Waals surface area contributed by atoms with Crippen molar-refractivity contribution in [3.05, 3.63) is 36.5 Å². The van der Waals surface area contributed by atoms with E-state index in [9.17, 15) is 9.59 Å². The van der Waals surface area contributed by atoms with E-state index in [2.05, 4.69) is 24.3 Å². The van der Waals surface area contributed by atoms with Gasteiger partial charge in [-0.1, -0.05) is 26.0 Å². The maximum atomic E-state index is 12.3. The summed E-state index contributed by atoms with van der Waals surface area (Å²) in [5.74, 6) is 1.47. The van der Waals surface area contributed by atoms with E-state index in [0.29, 0.717) is 29.7 Å². The second kappa shape index (κ2) is 7.38. The molecule has 2 amide bonds. The molecule has 1 aliphatic rings. The van der Waals surface area contributed by atoms with Crippen molar-refractivity contribution in [1.29, 1.82) is 0 Å². The Hall–Kier alpha value is -2.83. The molecule has 132 valence electrons. The van der Waals surface area contributed by atoms with E-state index >= 15 is 0 Å². The Kier molecular flexibility index (Phi) is 5.02. The molecule has 0 atom stereocenters. The molecule has 0 saturated carbocycles. The third-order valence-electron chi connectivity index (χ3n) is 3.89. The van der Waals surface area contributed by atoms with Gasteiger partial charge in [-0.15, -0.1) is 0 Å². The molecule has 0 spiro atoms. The van der Waals surface area contributed by atoms with Crippen LogP contribution in [0.5, 0.6) is 5.75 Å². The van der Waals surface area contributed by atoms with Crippen LogP contribution < -0.4 is 15.0 Å². The first-order valence-corrected chi connectivity index (χ1v) is 8.38. The molecule has 0 saturated heterocycles. The van der Waals surface area contributed by atoms with E-state index < -0.39 is 0 Å². The summed E-state index contributed by atoms with van der Waals surface area (Å²) in [6, 6.07) is 9.12. The van der Waals surface area contributed by atoms with Crippen molar-refractivity contribution in [1.82, 2.24) is 9.78 Å². The van der Waals surface area contributed by atoms with Crippen LogP contribution in [0.1, 0.15) is 20.3 Å². The fourth-order valence-electron chi connectivity index (χ4n) is 2.75. The lowest BCUT2D eigenvalue weighted by atomic mass is 10.2. The molecule has 7 nitrogen and oxygen atoms in total. The molecule has 3 rings (SSSR count). The summed E-state index contributed by atoms with van der Waals surface area (Å²) in [5.41, 5.74) is 0.705. The van der Waals surface area contributed by atoms with Gasteiger partial charge in [-0.2, -0.15) is 5.10 Å². The summed E-state index contributed by atoms with van der Waals surface area (Å²) in [4.78, 5) is 26.0. The molecule has 0 aliphatic carbocycles. The minimum absolute atomic E-state index is 0.000207. The maximum absolute atomic E-state index is 12.3. The highest BCUT2D eigenvalue weighted by Gasteiger charge is 2.25. The van der Waals surface area contributed by atoms with E-state index in [1.807, 2.05) is 24.3 Å². The smallest absolute Gasteiger partial charge is 0.265 e. The maximum Gasteiger partial charge on any atom is 0.265 e. The van der Waals surface area contributed by atoms with Crippen LogP contribution in [0.4, 0.5) is 11.5 Å². The van der Waals surface area contributed by atoms with E-state index in [-0.39, 0.29) is 24.8 Å². The first-order valence-electron chi connectivity index (χ1n) is 8.38. The second-order valence-corrected chi connectivity index (χ2v) is 6.39. The molecule has 0 bridgehead atoms. The fourth-order valence-corrected chi connectivity index (χ4v) is 2.75. The molecule has 2 heterocycles. The largest absolute Gasteiger partial charge is 0.482 e. The molecule has 25 heavy (non-hydrogen) atoms. The lowest BCUT2D eigenvalue weighted by molar-refractivity contribution is -0.121. The Morgan fingerprint density at radius 3 is 2.92 bits per heavy atom. The Bertz CT molecular complexity index is 769. The number of rotatable bonds is 6. The van der Waals surface area contributed by atoms with Crippen LogP contribution in [-0.2, 0) is 16.1 Å². The molecule has 0 unspecified atom stereocenters. The average molecular weight is 342 g/mol. The summed E-state index contributed by atoms with van der Waals surface area (Å²) in [6.45, 7) is 5.23. The molecular formula is C18H22N4O3. The van der Waals surface area contributed by atoms with E-state index in [0.717, 1.165) is 6.54 Å². The Morgan fingerprint density at radius 1 is 1.32 bits per heavy atom. The number of nitrogens with zero attached hydrogens (tertiary/aromatic N) is 3. The van der Waals surface area contributed by atoms with Crippen LogP contribution in [0.3, 0.4) is 0 Å². The molecule has 1 N–H and O–H groups in total. The third kappa shape index (κ3) is 3.99. The van der Waals surface area contributed by atoms with Gasteiger partial charge in [0.25, 0.3) is 5.91 Å². The molecule has 0 fully saturated rings. The average Bonchev–Trinajstić information content (AvgIpc) is 3.00. The monoisotopic (exact) mass is 342 g/mol. The summed E-state index contributed by atoms with van der Waals surface area (Å²) in [6.07, 6.45) is 1.87. The quantitative estimate of drug-likeness (QED) is 0.874. The summed E-state index contributed by atoms with van der Waals surface area (Å²) >= 11 is 0. The minimum atomic E-state index is -0.151. The van der Waals surface area contributed by atoms with Gasteiger partial charge in [0.2, 0.25) is 5.91 Å². The Balaban J connectivity index is 1.61. The predicted octanol–water partition coefficient (Wildman–Crippen LogP) is 2.29. The van der Waals surface area contributed by atoms with Gasteiger partial charge < -0.3 is 15.0 Å². The van der Waals surface area contributed by atoms with Crippen LogP contribution in [-0.4, -0.2) is 34.7 Å². The summed E-state index contributed by atoms with van der Waals surface area (Å²) < 4.78 is 7.18. The summed E-state index contributed by atoms with van der Waals surface area (Å²) in [7, 11) is 0. The fraction of sp³-hybridized carbons (Fsp3) is 0.389. The molecular weight excluding hydrogens is 320 g/mol. The van der Waals surface area contributed by atoms with Gasteiger partial charge in [-0.25, -0.2) is 4.68 Å². The molecule has 1 aliphatic heterocycles. The highest BCUT2D eigenvalue weighted by molar-refractivity contribution is 5.99. The number of aromatic nitrogens is 2. The van der Waals surface area contributed by atoms with Crippen molar-refractivity contribution in [2.45, 2.75) is 26.8 Å². The number of ether oxygens (including phenoxy) is 1. The first-order chi connectivity index (χ1) is 12.0. The summed E-state index contributed by atoms with van der Waals surface area (Å²) in [5, 5.41) is 7.09. The lowest BCUT2D eigenvalue weighted by Gasteiger charge is -2.29.